The summed E-state index contributed by atoms with van der Waals surface area (Å²) >= 11 is 7.61. The van der Waals surface area contributed by atoms with Crippen LogP contribution in [0.15, 0.2) is 40.5 Å². The lowest BCUT2D eigenvalue weighted by atomic mass is 10.2. The number of rotatable bonds is 5. The zero-order valence-electron chi connectivity index (χ0n) is 11.9. The van der Waals surface area contributed by atoms with Crippen LogP contribution in [0.4, 0.5) is 0 Å². The van der Waals surface area contributed by atoms with Crippen molar-refractivity contribution in [1.82, 2.24) is 13.9 Å². The van der Waals surface area contributed by atoms with E-state index in [1.807, 2.05) is 30.5 Å². The van der Waals surface area contributed by atoms with Crippen LogP contribution in [0.25, 0.3) is 0 Å². The molecule has 2 rings (SSSR count). The molecule has 0 aliphatic rings. The predicted octanol–water partition coefficient (Wildman–Crippen LogP) is 2.62. The summed E-state index contributed by atoms with van der Waals surface area (Å²) in [6.45, 7) is 0.268. The fourth-order valence-corrected chi connectivity index (χ4v) is 3.73. The Labute approximate surface area is 134 Å². The maximum atomic E-state index is 12.5. The highest BCUT2D eigenvalue weighted by Crippen LogP contribution is 2.23. The third kappa shape index (κ3) is 3.42. The Kier molecular flexibility index (Phi) is 4.98. The molecule has 0 radical (unpaired) electrons. The van der Waals surface area contributed by atoms with Crippen molar-refractivity contribution in [3.8, 4) is 0 Å². The van der Waals surface area contributed by atoms with Gasteiger partial charge in [0.1, 0.15) is 5.15 Å². The van der Waals surface area contributed by atoms with Gasteiger partial charge in [0.2, 0.25) is 5.03 Å². The molecule has 0 aliphatic heterocycles. The molecule has 0 bridgehead atoms. The minimum absolute atomic E-state index is 0.111. The third-order valence-corrected chi connectivity index (χ3v) is 6.09. The van der Waals surface area contributed by atoms with Crippen molar-refractivity contribution >= 4 is 33.4 Å². The first-order chi connectivity index (χ1) is 9.86. The van der Waals surface area contributed by atoms with Crippen molar-refractivity contribution in [2.24, 2.45) is 7.05 Å². The standard InChI is InChI=1S/C13H16ClN3O2S2/c1-16-9-15-13(12(16)14)21(18,19)17(2)8-10-4-6-11(20-3)7-5-10/h4-7,9H,8H2,1-3H3. The SMILES string of the molecule is CSc1ccc(CN(C)S(=O)(=O)c2ncn(C)c2Cl)cc1. The highest BCUT2D eigenvalue weighted by atomic mass is 35.5. The van der Waals surface area contributed by atoms with Crippen molar-refractivity contribution in [2.75, 3.05) is 13.3 Å². The van der Waals surface area contributed by atoms with Gasteiger partial charge in [-0.05, 0) is 24.0 Å². The molecule has 8 heteroatoms. The monoisotopic (exact) mass is 345 g/mol. The van der Waals surface area contributed by atoms with E-state index in [1.54, 1.807) is 18.8 Å². The maximum absolute atomic E-state index is 12.5. The number of imidazole rings is 1. The quantitative estimate of drug-likeness (QED) is 0.782. The van der Waals surface area contributed by atoms with E-state index in [-0.39, 0.29) is 16.7 Å². The van der Waals surface area contributed by atoms with Crippen LogP contribution in [0.1, 0.15) is 5.56 Å². The summed E-state index contributed by atoms with van der Waals surface area (Å²) in [5, 5.41) is -0.00511. The van der Waals surface area contributed by atoms with Crippen LogP contribution in [-0.4, -0.2) is 35.6 Å². The van der Waals surface area contributed by atoms with Gasteiger partial charge in [0.05, 0.1) is 6.33 Å². The molecule has 0 fully saturated rings. The zero-order chi connectivity index (χ0) is 15.6. The van der Waals surface area contributed by atoms with Crippen LogP contribution in [0, 0.1) is 0 Å². The molecule has 0 amide bonds. The van der Waals surface area contributed by atoms with Gasteiger partial charge in [-0.25, -0.2) is 13.4 Å². The van der Waals surface area contributed by atoms with E-state index in [1.165, 1.54) is 22.2 Å². The first-order valence-corrected chi connectivity index (χ1v) is 9.16. The smallest absolute Gasteiger partial charge is 0.263 e. The number of hydrogen-bond acceptors (Lipinski definition) is 4. The van der Waals surface area contributed by atoms with Gasteiger partial charge in [-0.1, -0.05) is 23.7 Å². The summed E-state index contributed by atoms with van der Waals surface area (Å²) in [5.41, 5.74) is 0.908. The Morgan fingerprint density at radius 1 is 1.33 bits per heavy atom. The van der Waals surface area contributed by atoms with Gasteiger partial charge in [-0.3, -0.25) is 0 Å². The molecule has 5 nitrogen and oxygen atoms in total. The second kappa shape index (κ2) is 6.39. The van der Waals surface area contributed by atoms with Crippen LogP contribution in [0.2, 0.25) is 5.15 Å². The summed E-state index contributed by atoms with van der Waals surface area (Å²) in [5.74, 6) is 0. The van der Waals surface area contributed by atoms with E-state index in [0.29, 0.717) is 0 Å². The minimum atomic E-state index is -3.70. The van der Waals surface area contributed by atoms with E-state index in [9.17, 15) is 8.42 Å². The van der Waals surface area contributed by atoms with Gasteiger partial charge in [-0.2, -0.15) is 4.31 Å². The Morgan fingerprint density at radius 3 is 2.43 bits per heavy atom. The fourth-order valence-electron chi connectivity index (χ4n) is 1.79. The summed E-state index contributed by atoms with van der Waals surface area (Å²) in [4.78, 5) is 5.01. The van der Waals surface area contributed by atoms with Gasteiger partial charge >= 0.3 is 0 Å². The van der Waals surface area contributed by atoms with Gasteiger partial charge in [-0.15, -0.1) is 11.8 Å². The van der Waals surface area contributed by atoms with Crippen molar-refractivity contribution < 1.29 is 8.42 Å². The number of aromatic nitrogens is 2. The first-order valence-electron chi connectivity index (χ1n) is 6.12. The molecule has 0 spiro atoms. The highest BCUT2D eigenvalue weighted by Gasteiger charge is 2.27. The maximum Gasteiger partial charge on any atom is 0.263 e. The summed E-state index contributed by atoms with van der Waals surface area (Å²) in [7, 11) is -0.533. The van der Waals surface area contributed by atoms with Crippen molar-refractivity contribution in [1.29, 1.82) is 0 Å². The Bertz CT molecular complexity index is 726. The Balaban J connectivity index is 2.22. The molecule has 21 heavy (non-hydrogen) atoms. The van der Waals surface area contributed by atoms with Crippen molar-refractivity contribution in [3.05, 3.63) is 41.3 Å². The average Bonchev–Trinajstić information content (AvgIpc) is 2.80. The summed E-state index contributed by atoms with van der Waals surface area (Å²) < 4.78 is 27.6. The zero-order valence-corrected chi connectivity index (χ0v) is 14.3. The summed E-state index contributed by atoms with van der Waals surface area (Å²) in [6.07, 6.45) is 3.38. The second-order valence-corrected chi connectivity index (χ2v) is 7.76. The molecule has 114 valence electrons. The Morgan fingerprint density at radius 2 is 1.95 bits per heavy atom. The topological polar surface area (TPSA) is 55.2 Å². The lowest BCUT2D eigenvalue weighted by molar-refractivity contribution is 0.464. The Hall–Kier alpha value is -1.02. The van der Waals surface area contributed by atoms with Gasteiger partial charge in [0.25, 0.3) is 10.0 Å². The van der Waals surface area contributed by atoms with Gasteiger partial charge < -0.3 is 4.57 Å². The van der Waals surface area contributed by atoms with E-state index >= 15 is 0 Å². The number of aryl methyl sites for hydroxylation is 1. The van der Waals surface area contributed by atoms with Crippen LogP contribution < -0.4 is 0 Å². The largest absolute Gasteiger partial charge is 0.324 e. The van der Waals surface area contributed by atoms with Gasteiger partial charge in [0, 0.05) is 25.5 Å². The van der Waals surface area contributed by atoms with Gasteiger partial charge in [0.15, 0.2) is 0 Å². The van der Waals surface area contributed by atoms with E-state index in [0.717, 1.165) is 10.5 Å². The van der Waals surface area contributed by atoms with E-state index in [4.69, 9.17) is 11.6 Å². The third-order valence-electron chi connectivity index (χ3n) is 3.05. The van der Waals surface area contributed by atoms with Crippen LogP contribution in [0.5, 0.6) is 0 Å². The minimum Gasteiger partial charge on any atom is -0.324 e. The molecular formula is C13H16ClN3O2S2. The number of halogens is 1. The lowest BCUT2D eigenvalue weighted by Gasteiger charge is -2.16. The molecule has 0 aliphatic carbocycles. The normalized spacial score (nSPS) is 12.0. The van der Waals surface area contributed by atoms with E-state index < -0.39 is 10.0 Å². The van der Waals surface area contributed by atoms with Crippen LogP contribution in [-0.2, 0) is 23.6 Å². The molecule has 1 heterocycles. The average molecular weight is 346 g/mol. The molecule has 0 saturated heterocycles. The molecule has 0 saturated carbocycles. The first kappa shape index (κ1) is 16.4. The number of nitrogens with zero attached hydrogens (tertiary/aromatic N) is 3. The molecule has 1 aromatic carbocycles. The van der Waals surface area contributed by atoms with Crippen LogP contribution in [0.3, 0.4) is 0 Å². The number of benzene rings is 1. The number of thioether (sulfide) groups is 1. The number of sulfonamides is 1. The van der Waals surface area contributed by atoms with Crippen molar-refractivity contribution in [2.45, 2.75) is 16.5 Å². The molecule has 2 aromatic rings. The second-order valence-electron chi connectivity index (χ2n) is 4.56. The number of hydrogen-bond donors (Lipinski definition) is 0. The lowest BCUT2D eigenvalue weighted by Crippen LogP contribution is -2.27. The molecule has 0 atom stereocenters. The summed E-state index contributed by atoms with van der Waals surface area (Å²) in [6, 6.07) is 7.76. The fraction of sp³-hybridized carbons (Fsp3) is 0.308. The predicted molar refractivity (Wildman–Crippen MR) is 85.1 cm³/mol. The van der Waals surface area contributed by atoms with Crippen molar-refractivity contribution in [3.63, 3.8) is 0 Å². The molecule has 0 N–H and O–H groups in total. The molecular weight excluding hydrogens is 330 g/mol. The van der Waals surface area contributed by atoms with E-state index in [2.05, 4.69) is 4.98 Å². The highest BCUT2D eigenvalue weighted by molar-refractivity contribution is 7.98. The van der Waals surface area contributed by atoms with Crippen LogP contribution >= 0.6 is 23.4 Å². The molecule has 0 unspecified atom stereocenters. The molecule has 1 aromatic heterocycles.